The van der Waals surface area contributed by atoms with Crippen LogP contribution in [-0.2, 0) is 9.59 Å². The predicted octanol–water partition coefficient (Wildman–Crippen LogP) is 4.42. The van der Waals surface area contributed by atoms with Gasteiger partial charge in [0.15, 0.2) is 0 Å². The van der Waals surface area contributed by atoms with E-state index in [2.05, 4.69) is 46.6 Å². The Morgan fingerprint density at radius 1 is 0.930 bits per heavy atom. The van der Waals surface area contributed by atoms with E-state index < -0.39 is 17.9 Å². The van der Waals surface area contributed by atoms with Gasteiger partial charge in [0.05, 0.1) is 24.2 Å². The molecule has 3 fully saturated rings. The molecule has 3 aromatic carbocycles. The average molecular weight is 771 g/mol. The summed E-state index contributed by atoms with van der Waals surface area (Å²) < 4.78 is 7.70. The fourth-order valence-electron chi connectivity index (χ4n) is 8.16. The number of methoxy groups -OCH3 is 1. The van der Waals surface area contributed by atoms with Gasteiger partial charge in [-0.3, -0.25) is 29.2 Å². The Morgan fingerprint density at radius 2 is 1.72 bits per heavy atom. The quantitative estimate of drug-likeness (QED) is 0.147. The maximum absolute atomic E-state index is 13.2. The minimum atomic E-state index is -0.752. The molecular weight excluding hydrogens is 725 g/mol. The Hall–Kier alpha value is -6.35. The lowest BCUT2D eigenvalue weighted by molar-refractivity contribution is -0.134. The Morgan fingerprint density at radius 3 is 2.46 bits per heavy atom. The number of nitrogens with one attached hydrogen (secondary N) is 3. The lowest BCUT2D eigenvalue weighted by Gasteiger charge is -2.38. The first-order valence-corrected chi connectivity index (χ1v) is 19.5. The lowest BCUT2D eigenvalue weighted by Crippen LogP contribution is -2.52. The highest BCUT2D eigenvalue weighted by atomic mass is 16.5. The minimum absolute atomic E-state index is 0.0414. The van der Waals surface area contributed by atoms with Gasteiger partial charge in [0.2, 0.25) is 17.8 Å². The van der Waals surface area contributed by atoms with E-state index in [4.69, 9.17) is 15.6 Å². The summed E-state index contributed by atoms with van der Waals surface area (Å²) in [6.45, 7) is 4.88. The molecule has 4 amide bonds. The Balaban J connectivity index is 0.860. The van der Waals surface area contributed by atoms with Gasteiger partial charge in [-0.25, -0.2) is 9.97 Å². The molecule has 0 unspecified atom stereocenters. The molecule has 294 valence electrons. The SMILES string of the molecule is COc1cc(N2CCC(CN3CCC(n4cc5cc(NC(=O)c6ccnc(N)n6)c(-c6ccccc6)cc5n4)CC3)CC2)ccc1C(=O)N[C@H]1CCC(=O)NC1=O. The fourth-order valence-corrected chi connectivity index (χ4v) is 8.16. The number of hydrogen-bond acceptors (Lipinski definition) is 11. The number of anilines is 3. The molecule has 5 heterocycles. The lowest BCUT2D eigenvalue weighted by atomic mass is 9.94. The third-order valence-electron chi connectivity index (χ3n) is 11.3. The van der Waals surface area contributed by atoms with Crippen LogP contribution in [0.25, 0.3) is 22.0 Å². The van der Waals surface area contributed by atoms with Crippen LogP contribution in [0.2, 0.25) is 0 Å². The molecule has 0 spiro atoms. The molecule has 5 N–H and O–H groups in total. The Kier molecular flexibility index (Phi) is 10.8. The van der Waals surface area contributed by atoms with Gasteiger partial charge >= 0.3 is 0 Å². The summed E-state index contributed by atoms with van der Waals surface area (Å²) in [5, 5.41) is 14.0. The summed E-state index contributed by atoms with van der Waals surface area (Å²) in [6.07, 6.45) is 8.16. The molecule has 8 rings (SSSR count). The number of fused-ring (bicyclic) bond motifs is 1. The van der Waals surface area contributed by atoms with Crippen molar-refractivity contribution < 1.29 is 23.9 Å². The van der Waals surface area contributed by atoms with Gasteiger partial charge in [0, 0.05) is 79.9 Å². The van der Waals surface area contributed by atoms with E-state index in [0.29, 0.717) is 22.9 Å². The first-order valence-electron chi connectivity index (χ1n) is 19.5. The van der Waals surface area contributed by atoms with Crippen molar-refractivity contribution in [3.05, 3.63) is 90.4 Å². The fraction of sp³-hybridized carbons (Fsp3) is 0.357. The van der Waals surface area contributed by atoms with Crippen LogP contribution in [0.3, 0.4) is 0 Å². The third kappa shape index (κ3) is 8.43. The molecule has 0 radical (unpaired) electrons. The minimum Gasteiger partial charge on any atom is -0.496 e. The average Bonchev–Trinajstić information content (AvgIpc) is 3.65. The number of aromatic nitrogens is 4. The molecule has 5 aromatic rings. The molecule has 3 aliphatic rings. The van der Waals surface area contributed by atoms with Crippen molar-refractivity contribution in [1.82, 2.24) is 35.3 Å². The number of amides is 4. The van der Waals surface area contributed by atoms with Crippen LogP contribution in [0.1, 0.15) is 65.4 Å². The number of rotatable bonds is 10. The van der Waals surface area contributed by atoms with Crippen molar-refractivity contribution in [2.75, 3.05) is 55.8 Å². The number of carbonyl (C=O) groups excluding carboxylic acids is 4. The zero-order valence-electron chi connectivity index (χ0n) is 31.8. The molecule has 0 saturated carbocycles. The third-order valence-corrected chi connectivity index (χ3v) is 11.3. The first kappa shape index (κ1) is 37.6. The smallest absolute Gasteiger partial charge is 0.274 e. The normalized spacial score (nSPS) is 18.3. The number of piperidine rings is 3. The summed E-state index contributed by atoms with van der Waals surface area (Å²) in [4.78, 5) is 62.8. The highest BCUT2D eigenvalue weighted by Gasteiger charge is 2.30. The van der Waals surface area contributed by atoms with Gasteiger partial charge in [-0.15, -0.1) is 0 Å². The van der Waals surface area contributed by atoms with Gasteiger partial charge < -0.3 is 30.9 Å². The topological polar surface area (TPSA) is 190 Å². The van der Waals surface area contributed by atoms with Crippen LogP contribution in [0.15, 0.2) is 79.1 Å². The second-order valence-electron chi connectivity index (χ2n) is 15.0. The molecule has 1 atom stereocenters. The van der Waals surface area contributed by atoms with Gasteiger partial charge in [0.1, 0.15) is 17.5 Å². The molecule has 15 heteroatoms. The Labute approximate surface area is 330 Å². The monoisotopic (exact) mass is 770 g/mol. The van der Waals surface area contributed by atoms with E-state index in [9.17, 15) is 19.2 Å². The summed E-state index contributed by atoms with van der Waals surface area (Å²) >= 11 is 0. The number of nitrogen functional groups attached to an aromatic ring is 1. The van der Waals surface area contributed by atoms with E-state index in [1.807, 2.05) is 54.6 Å². The van der Waals surface area contributed by atoms with Gasteiger partial charge in [0.25, 0.3) is 11.8 Å². The molecule has 0 aliphatic carbocycles. The molecule has 57 heavy (non-hydrogen) atoms. The maximum Gasteiger partial charge on any atom is 0.274 e. The van der Waals surface area contributed by atoms with E-state index in [0.717, 1.165) is 86.1 Å². The maximum atomic E-state index is 13.2. The molecular formula is C42H46N10O5. The molecule has 0 bridgehead atoms. The number of imide groups is 1. The number of likely N-dealkylation sites (tertiary alicyclic amines) is 1. The van der Waals surface area contributed by atoms with Crippen molar-refractivity contribution in [2.24, 2.45) is 5.92 Å². The molecule has 3 saturated heterocycles. The number of hydrogen-bond donors (Lipinski definition) is 4. The van der Waals surface area contributed by atoms with E-state index >= 15 is 0 Å². The van der Waals surface area contributed by atoms with Gasteiger partial charge in [-0.1, -0.05) is 30.3 Å². The van der Waals surface area contributed by atoms with E-state index in [-0.39, 0.29) is 42.3 Å². The zero-order valence-corrected chi connectivity index (χ0v) is 31.8. The largest absolute Gasteiger partial charge is 0.496 e. The van der Waals surface area contributed by atoms with Crippen molar-refractivity contribution in [3.8, 4) is 16.9 Å². The zero-order chi connectivity index (χ0) is 39.5. The number of benzene rings is 3. The predicted molar refractivity (Wildman–Crippen MR) is 216 cm³/mol. The second-order valence-corrected chi connectivity index (χ2v) is 15.0. The van der Waals surface area contributed by atoms with Crippen LogP contribution < -0.4 is 31.3 Å². The second kappa shape index (κ2) is 16.4. The number of ether oxygens (including phenoxy) is 1. The van der Waals surface area contributed by atoms with Crippen molar-refractivity contribution >= 4 is 51.9 Å². The Bertz CT molecular complexity index is 2300. The van der Waals surface area contributed by atoms with Crippen LogP contribution in [0.5, 0.6) is 5.75 Å². The highest BCUT2D eigenvalue weighted by molar-refractivity contribution is 6.07. The summed E-state index contributed by atoms with van der Waals surface area (Å²) in [5.41, 5.74) is 10.7. The van der Waals surface area contributed by atoms with Crippen LogP contribution in [0.4, 0.5) is 17.3 Å². The highest BCUT2D eigenvalue weighted by Crippen LogP contribution is 2.35. The van der Waals surface area contributed by atoms with E-state index in [1.54, 1.807) is 6.07 Å². The van der Waals surface area contributed by atoms with Crippen LogP contribution in [0, 0.1) is 5.92 Å². The van der Waals surface area contributed by atoms with Crippen LogP contribution in [-0.4, -0.2) is 94.2 Å². The molecule has 2 aromatic heterocycles. The number of nitrogens with two attached hydrogens (primary N) is 1. The number of carbonyl (C=O) groups is 4. The van der Waals surface area contributed by atoms with Crippen molar-refractivity contribution in [2.45, 2.75) is 50.6 Å². The van der Waals surface area contributed by atoms with Gasteiger partial charge in [-0.2, -0.15) is 5.10 Å². The first-order chi connectivity index (χ1) is 27.7. The standard InChI is InChI=1S/C42H46N10O5/c1-57-37-22-30(7-8-31(37)39(54)45-33-9-10-38(53)48-41(33)56)51-19-12-26(13-20-51)24-50-17-14-29(15-18-50)52-25-28-21-36(46-40(55)34-11-16-44-42(43)47-34)32(23-35(28)49-52)27-5-3-2-4-6-27/h2-8,11,16,21-23,25-26,29,33H,9-10,12-15,17-20,24H2,1H3,(H,45,54)(H,46,55)(H2,43,44,47)(H,48,53,56)/t33-/m0/s1. The van der Waals surface area contributed by atoms with Gasteiger partial charge in [-0.05, 0) is 73.9 Å². The van der Waals surface area contributed by atoms with Crippen molar-refractivity contribution in [3.63, 3.8) is 0 Å². The van der Waals surface area contributed by atoms with E-state index in [1.165, 1.54) is 19.4 Å². The summed E-state index contributed by atoms with van der Waals surface area (Å²) in [7, 11) is 1.53. The molecule has 3 aliphatic heterocycles. The molecule has 15 nitrogen and oxygen atoms in total. The summed E-state index contributed by atoms with van der Waals surface area (Å²) in [5.74, 6) is -0.508. The number of nitrogens with zero attached hydrogens (tertiary/aromatic N) is 6. The summed E-state index contributed by atoms with van der Waals surface area (Å²) in [6, 6.07) is 20.6. The van der Waals surface area contributed by atoms with Crippen LogP contribution >= 0.6 is 0 Å². The van der Waals surface area contributed by atoms with Crippen molar-refractivity contribution in [1.29, 1.82) is 0 Å².